The Morgan fingerprint density at radius 3 is 1.48 bits per heavy atom. The molecule has 0 unspecified atom stereocenters. The van der Waals surface area contributed by atoms with E-state index in [1.54, 1.807) is 0 Å². The third-order valence-corrected chi connectivity index (χ3v) is 12.7. The fraction of sp³-hybridized carbons (Fsp3) is 0.0667. The highest BCUT2D eigenvalue weighted by atomic mass is 14.9. The third kappa shape index (κ3) is 6.10. The summed E-state index contributed by atoms with van der Waals surface area (Å²) in [6.45, 7) is 4.24. The standard InChI is InChI=1S/C60H44N2/c1-3-18-42(19-4-2)57-39-58(62-59(61-57)48-36-46(40-20-7-5-8-21-40)35-47(37-48)41-22-9-6-10-23-41)45-25-17-24-43(34-45)44-32-33-52-51-28-13-16-31-55(51)60(56(52)38-44)53-29-14-11-26-49(53)50-27-12-15-30-54(50)60/h3,5-39H,4H2,1-2H3/b18-3-,42-19+. The van der Waals surface area contributed by atoms with Crippen LogP contribution in [0.4, 0.5) is 0 Å². The van der Waals surface area contributed by atoms with Crippen molar-refractivity contribution in [2.75, 3.05) is 0 Å². The molecule has 294 valence electrons. The minimum absolute atomic E-state index is 0.398. The summed E-state index contributed by atoms with van der Waals surface area (Å²) in [5.41, 5.74) is 22.0. The Hall–Kier alpha value is -7.68. The molecule has 2 heteroatoms. The van der Waals surface area contributed by atoms with E-state index >= 15 is 0 Å². The molecule has 9 aromatic rings. The molecular formula is C60H44N2. The predicted molar refractivity (Wildman–Crippen MR) is 259 cm³/mol. The molecular weight excluding hydrogens is 749 g/mol. The van der Waals surface area contributed by atoms with Crippen molar-refractivity contribution in [3.63, 3.8) is 0 Å². The lowest BCUT2D eigenvalue weighted by molar-refractivity contribution is 0.794. The van der Waals surface area contributed by atoms with E-state index in [9.17, 15) is 0 Å². The summed E-state index contributed by atoms with van der Waals surface area (Å²) >= 11 is 0. The number of fused-ring (bicyclic) bond motifs is 10. The van der Waals surface area contributed by atoms with E-state index in [4.69, 9.17) is 9.97 Å². The normalized spacial score (nSPS) is 13.2. The molecule has 8 aromatic carbocycles. The van der Waals surface area contributed by atoms with Crippen molar-refractivity contribution in [3.8, 4) is 78.3 Å². The van der Waals surface area contributed by atoms with Gasteiger partial charge >= 0.3 is 0 Å². The van der Waals surface area contributed by atoms with Crippen molar-refractivity contribution in [2.24, 2.45) is 0 Å². The zero-order valence-electron chi connectivity index (χ0n) is 34.9. The molecule has 0 aliphatic heterocycles. The van der Waals surface area contributed by atoms with Crippen LogP contribution in [0.15, 0.2) is 218 Å². The van der Waals surface area contributed by atoms with Gasteiger partial charge in [-0.25, -0.2) is 9.97 Å². The van der Waals surface area contributed by atoms with Crippen molar-refractivity contribution in [3.05, 3.63) is 246 Å². The van der Waals surface area contributed by atoms with Crippen LogP contribution in [0.3, 0.4) is 0 Å². The molecule has 1 heterocycles. The molecule has 0 amide bonds. The Morgan fingerprint density at radius 2 is 0.903 bits per heavy atom. The van der Waals surface area contributed by atoms with Gasteiger partial charge in [-0.2, -0.15) is 0 Å². The summed E-state index contributed by atoms with van der Waals surface area (Å²) in [5.74, 6) is 0.695. The summed E-state index contributed by atoms with van der Waals surface area (Å²) in [6.07, 6.45) is 7.39. The second-order valence-corrected chi connectivity index (χ2v) is 16.3. The van der Waals surface area contributed by atoms with Crippen molar-refractivity contribution in [1.82, 2.24) is 9.97 Å². The molecule has 0 bridgehead atoms. The molecule has 0 N–H and O–H groups in total. The van der Waals surface area contributed by atoms with Crippen molar-refractivity contribution in [1.29, 1.82) is 0 Å². The summed E-state index contributed by atoms with van der Waals surface area (Å²) in [5, 5.41) is 0. The molecule has 2 nitrogen and oxygen atoms in total. The van der Waals surface area contributed by atoms with Gasteiger partial charge in [-0.3, -0.25) is 0 Å². The van der Waals surface area contributed by atoms with Crippen LogP contribution < -0.4 is 0 Å². The maximum Gasteiger partial charge on any atom is 0.160 e. The molecule has 2 aliphatic carbocycles. The summed E-state index contributed by atoms with van der Waals surface area (Å²) in [7, 11) is 0. The van der Waals surface area contributed by atoms with Gasteiger partial charge in [0.25, 0.3) is 0 Å². The highest BCUT2D eigenvalue weighted by molar-refractivity contribution is 5.96. The maximum absolute atomic E-state index is 5.41. The molecule has 0 saturated carbocycles. The van der Waals surface area contributed by atoms with Gasteiger partial charge in [0.1, 0.15) is 0 Å². The van der Waals surface area contributed by atoms with Gasteiger partial charge in [-0.15, -0.1) is 0 Å². The van der Waals surface area contributed by atoms with E-state index < -0.39 is 5.41 Å². The van der Waals surface area contributed by atoms with Crippen LogP contribution in [0, 0.1) is 0 Å². The fourth-order valence-electron chi connectivity index (χ4n) is 10.0. The van der Waals surface area contributed by atoms with Crippen molar-refractivity contribution in [2.45, 2.75) is 25.7 Å². The highest BCUT2D eigenvalue weighted by Crippen LogP contribution is 2.63. The van der Waals surface area contributed by atoms with E-state index in [1.807, 2.05) is 0 Å². The van der Waals surface area contributed by atoms with Gasteiger partial charge in [0.05, 0.1) is 16.8 Å². The lowest BCUT2D eigenvalue weighted by Gasteiger charge is -2.30. The van der Waals surface area contributed by atoms with Gasteiger partial charge in [-0.05, 0) is 133 Å². The number of hydrogen-bond acceptors (Lipinski definition) is 2. The first kappa shape index (κ1) is 37.3. The Balaban J connectivity index is 1.08. The molecule has 11 rings (SSSR count). The quantitative estimate of drug-likeness (QED) is 0.143. The Bertz CT molecular complexity index is 3110. The molecule has 2 aliphatic rings. The number of aromatic nitrogens is 2. The van der Waals surface area contributed by atoms with Gasteiger partial charge in [-0.1, -0.05) is 189 Å². The Labute approximate surface area is 364 Å². The number of nitrogens with zero attached hydrogens (tertiary/aromatic N) is 2. The van der Waals surface area contributed by atoms with Crippen molar-refractivity contribution >= 4 is 5.57 Å². The van der Waals surface area contributed by atoms with Gasteiger partial charge in [0.2, 0.25) is 0 Å². The Morgan fingerprint density at radius 1 is 0.419 bits per heavy atom. The maximum atomic E-state index is 5.41. The number of benzene rings is 8. The average Bonchev–Trinajstić information content (AvgIpc) is 3.81. The second-order valence-electron chi connectivity index (χ2n) is 16.3. The monoisotopic (exact) mass is 792 g/mol. The SMILES string of the molecule is C/C=C\C(=C/CC)c1cc(-c2cccc(-c3ccc4c(c3)C3(c5ccccc5-c5ccccc53)c3ccccc3-4)c2)nc(-c2cc(-c3ccccc3)cc(-c3ccccc3)c2)n1. The van der Waals surface area contributed by atoms with E-state index in [0.29, 0.717) is 5.82 Å². The van der Waals surface area contributed by atoms with Crippen LogP contribution in [0.2, 0.25) is 0 Å². The first-order valence-corrected chi connectivity index (χ1v) is 21.7. The lowest BCUT2D eigenvalue weighted by Crippen LogP contribution is -2.25. The molecule has 0 radical (unpaired) electrons. The zero-order chi connectivity index (χ0) is 41.6. The topological polar surface area (TPSA) is 25.8 Å². The third-order valence-electron chi connectivity index (χ3n) is 12.7. The molecule has 1 spiro atoms. The summed E-state index contributed by atoms with van der Waals surface area (Å²) in [4.78, 5) is 10.7. The Kier molecular flexibility index (Phi) is 9.28. The van der Waals surface area contributed by atoms with Crippen LogP contribution in [0.1, 0.15) is 48.2 Å². The first-order chi connectivity index (χ1) is 30.6. The van der Waals surface area contributed by atoms with Crippen LogP contribution >= 0.6 is 0 Å². The van der Waals surface area contributed by atoms with Crippen LogP contribution in [-0.2, 0) is 5.41 Å². The molecule has 0 fully saturated rings. The number of rotatable bonds is 8. The minimum Gasteiger partial charge on any atom is -0.228 e. The molecule has 1 aromatic heterocycles. The number of allylic oxidation sites excluding steroid dienone is 4. The average molecular weight is 793 g/mol. The second kappa shape index (κ2) is 15.4. The zero-order valence-corrected chi connectivity index (χ0v) is 34.9. The minimum atomic E-state index is -0.398. The van der Waals surface area contributed by atoms with Gasteiger partial charge in [0.15, 0.2) is 5.82 Å². The smallest absolute Gasteiger partial charge is 0.160 e. The highest BCUT2D eigenvalue weighted by Gasteiger charge is 2.51. The first-order valence-electron chi connectivity index (χ1n) is 21.7. The van der Waals surface area contributed by atoms with Crippen molar-refractivity contribution < 1.29 is 0 Å². The van der Waals surface area contributed by atoms with E-state index in [-0.39, 0.29) is 0 Å². The largest absolute Gasteiger partial charge is 0.228 e. The van der Waals surface area contributed by atoms with E-state index in [1.165, 1.54) is 50.1 Å². The number of hydrogen-bond donors (Lipinski definition) is 0. The predicted octanol–water partition coefficient (Wildman–Crippen LogP) is 15.5. The molecule has 0 atom stereocenters. The van der Waals surface area contributed by atoms with Crippen LogP contribution in [0.5, 0.6) is 0 Å². The van der Waals surface area contributed by atoms with Gasteiger partial charge in [0, 0.05) is 11.1 Å². The van der Waals surface area contributed by atoms with E-state index in [0.717, 1.165) is 62.3 Å². The summed E-state index contributed by atoms with van der Waals surface area (Å²) in [6, 6.07) is 73.1. The lowest BCUT2D eigenvalue weighted by atomic mass is 9.70. The van der Waals surface area contributed by atoms with Crippen LogP contribution in [0.25, 0.3) is 83.9 Å². The van der Waals surface area contributed by atoms with Gasteiger partial charge < -0.3 is 0 Å². The summed E-state index contributed by atoms with van der Waals surface area (Å²) < 4.78 is 0. The molecule has 62 heavy (non-hydrogen) atoms. The molecule has 0 saturated heterocycles. The van der Waals surface area contributed by atoms with E-state index in [2.05, 4.69) is 232 Å². The van der Waals surface area contributed by atoms with Crippen LogP contribution in [-0.4, -0.2) is 9.97 Å². The fourth-order valence-corrected chi connectivity index (χ4v) is 10.0.